The maximum Gasteiger partial charge on any atom is 0.241 e. The molecular formula is C20H21Cl2N3O2. The number of carbonyl (C=O) groups excluding carboxylic acids is 2. The van der Waals surface area contributed by atoms with Crippen molar-refractivity contribution >= 4 is 46.4 Å². The monoisotopic (exact) mass is 405 g/mol. The predicted molar refractivity (Wildman–Crippen MR) is 109 cm³/mol. The molecule has 0 saturated carbocycles. The van der Waals surface area contributed by atoms with E-state index in [4.69, 9.17) is 23.2 Å². The van der Waals surface area contributed by atoms with E-state index in [0.29, 0.717) is 28.7 Å². The quantitative estimate of drug-likeness (QED) is 0.747. The van der Waals surface area contributed by atoms with E-state index in [1.165, 1.54) is 0 Å². The first-order chi connectivity index (χ1) is 13.0. The van der Waals surface area contributed by atoms with Crippen LogP contribution in [0.5, 0.6) is 0 Å². The van der Waals surface area contributed by atoms with E-state index >= 15 is 0 Å². The molecule has 0 aliphatic carbocycles. The second kappa shape index (κ2) is 9.22. The van der Waals surface area contributed by atoms with Crippen LogP contribution in [0.2, 0.25) is 10.0 Å². The van der Waals surface area contributed by atoms with Crippen LogP contribution >= 0.6 is 23.2 Å². The number of nitrogens with one attached hydrogen (secondary N) is 2. The molecule has 1 atom stereocenters. The van der Waals surface area contributed by atoms with Crippen molar-refractivity contribution in [2.45, 2.75) is 25.3 Å². The Morgan fingerprint density at radius 1 is 1.07 bits per heavy atom. The molecule has 3 rings (SSSR count). The van der Waals surface area contributed by atoms with Gasteiger partial charge in [0.1, 0.15) is 0 Å². The van der Waals surface area contributed by atoms with Crippen LogP contribution in [0, 0.1) is 0 Å². The third-order valence-corrected chi connectivity index (χ3v) is 5.10. The number of hydrogen-bond donors (Lipinski definition) is 2. The first-order valence-corrected chi connectivity index (χ1v) is 9.63. The van der Waals surface area contributed by atoms with Gasteiger partial charge >= 0.3 is 0 Å². The van der Waals surface area contributed by atoms with Crippen molar-refractivity contribution in [1.82, 2.24) is 4.90 Å². The standard InChI is InChI=1S/C20H21Cl2N3O2/c21-14-8-9-16(22)17(13-14)24-20(27)18-7-4-11-25(18)12-10-19(26)23-15-5-2-1-3-6-15/h1-3,5-6,8-9,13,18H,4,7,10-12H2,(H,23,26)(H,24,27)/t18-/m0/s1. The van der Waals surface area contributed by atoms with E-state index in [0.717, 1.165) is 25.1 Å². The summed E-state index contributed by atoms with van der Waals surface area (Å²) < 4.78 is 0. The summed E-state index contributed by atoms with van der Waals surface area (Å²) in [5.74, 6) is -0.190. The molecule has 2 aromatic carbocycles. The van der Waals surface area contributed by atoms with Crippen LogP contribution in [-0.4, -0.2) is 35.8 Å². The van der Waals surface area contributed by atoms with Gasteiger partial charge in [-0.05, 0) is 49.7 Å². The Morgan fingerprint density at radius 2 is 1.85 bits per heavy atom. The molecule has 2 N–H and O–H groups in total. The van der Waals surface area contributed by atoms with Crippen LogP contribution in [-0.2, 0) is 9.59 Å². The average Bonchev–Trinajstić information content (AvgIpc) is 3.13. The summed E-state index contributed by atoms with van der Waals surface area (Å²) in [5.41, 5.74) is 1.27. The van der Waals surface area contributed by atoms with Gasteiger partial charge in [0.05, 0.1) is 16.8 Å². The highest BCUT2D eigenvalue weighted by atomic mass is 35.5. The van der Waals surface area contributed by atoms with Crippen molar-refractivity contribution < 1.29 is 9.59 Å². The van der Waals surface area contributed by atoms with E-state index in [2.05, 4.69) is 10.6 Å². The molecule has 5 nitrogen and oxygen atoms in total. The third kappa shape index (κ3) is 5.45. The number of hydrogen-bond acceptors (Lipinski definition) is 3. The van der Waals surface area contributed by atoms with Gasteiger partial charge in [0.15, 0.2) is 0 Å². The summed E-state index contributed by atoms with van der Waals surface area (Å²) >= 11 is 12.1. The molecule has 2 aromatic rings. The number of benzene rings is 2. The molecule has 1 fully saturated rings. The normalized spacial score (nSPS) is 16.9. The fraction of sp³-hybridized carbons (Fsp3) is 0.300. The molecule has 7 heteroatoms. The Labute approximate surface area is 168 Å². The zero-order chi connectivity index (χ0) is 19.2. The Morgan fingerprint density at radius 3 is 2.63 bits per heavy atom. The Hall–Kier alpha value is -2.08. The summed E-state index contributed by atoms with van der Waals surface area (Å²) in [7, 11) is 0. The van der Waals surface area contributed by atoms with E-state index < -0.39 is 0 Å². The third-order valence-electron chi connectivity index (χ3n) is 4.54. The van der Waals surface area contributed by atoms with Gasteiger partial charge < -0.3 is 10.6 Å². The van der Waals surface area contributed by atoms with Crippen LogP contribution < -0.4 is 10.6 Å². The molecule has 0 unspecified atom stereocenters. The fourth-order valence-corrected chi connectivity index (χ4v) is 3.53. The number of likely N-dealkylation sites (tertiary alicyclic amines) is 1. The van der Waals surface area contributed by atoms with E-state index in [9.17, 15) is 9.59 Å². The van der Waals surface area contributed by atoms with Crippen molar-refractivity contribution in [3.8, 4) is 0 Å². The predicted octanol–water partition coefficient (Wildman–Crippen LogP) is 4.43. The molecule has 1 saturated heterocycles. The van der Waals surface area contributed by atoms with Crippen LogP contribution in [0.3, 0.4) is 0 Å². The van der Waals surface area contributed by atoms with Crippen molar-refractivity contribution in [3.63, 3.8) is 0 Å². The number of anilines is 2. The molecule has 1 heterocycles. The van der Waals surface area contributed by atoms with Crippen LogP contribution in [0.25, 0.3) is 0 Å². The Kier molecular flexibility index (Phi) is 6.72. The lowest BCUT2D eigenvalue weighted by Gasteiger charge is -2.23. The second-order valence-corrected chi connectivity index (χ2v) is 7.32. The molecule has 1 aliphatic rings. The van der Waals surface area contributed by atoms with E-state index in [1.807, 2.05) is 35.2 Å². The number of nitrogens with zero attached hydrogens (tertiary/aromatic N) is 1. The average molecular weight is 406 g/mol. The smallest absolute Gasteiger partial charge is 0.241 e. The van der Waals surface area contributed by atoms with Gasteiger partial charge in [-0.3, -0.25) is 14.5 Å². The largest absolute Gasteiger partial charge is 0.326 e. The lowest BCUT2D eigenvalue weighted by Crippen LogP contribution is -2.41. The maximum absolute atomic E-state index is 12.7. The highest BCUT2D eigenvalue weighted by molar-refractivity contribution is 6.35. The first kappa shape index (κ1) is 19.7. The minimum Gasteiger partial charge on any atom is -0.326 e. The highest BCUT2D eigenvalue weighted by Crippen LogP contribution is 2.27. The number of halogens is 2. The Bertz CT molecular complexity index is 814. The number of carbonyl (C=O) groups is 2. The van der Waals surface area contributed by atoms with Gasteiger partial charge in [-0.2, -0.15) is 0 Å². The maximum atomic E-state index is 12.7. The molecule has 2 amide bonds. The van der Waals surface area contributed by atoms with Crippen molar-refractivity contribution in [1.29, 1.82) is 0 Å². The number of rotatable bonds is 6. The van der Waals surface area contributed by atoms with Crippen molar-refractivity contribution in [2.75, 3.05) is 23.7 Å². The molecule has 0 aromatic heterocycles. The second-order valence-electron chi connectivity index (χ2n) is 6.47. The van der Waals surface area contributed by atoms with Gasteiger partial charge in [-0.25, -0.2) is 0 Å². The SMILES string of the molecule is O=C(CCN1CCC[C@H]1C(=O)Nc1cc(Cl)ccc1Cl)Nc1ccccc1. The molecular weight excluding hydrogens is 385 g/mol. The van der Waals surface area contributed by atoms with Crippen LogP contribution in [0.15, 0.2) is 48.5 Å². The van der Waals surface area contributed by atoms with E-state index in [1.54, 1.807) is 18.2 Å². The molecule has 1 aliphatic heterocycles. The number of para-hydroxylation sites is 1. The summed E-state index contributed by atoms with van der Waals surface area (Å²) in [5, 5.41) is 6.67. The van der Waals surface area contributed by atoms with E-state index in [-0.39, 0.29) is 17.9 Å². The van der Waals surface area contributed by atoms with Crippen LogP contribution in [0.4, 0.5) is 11.4 Å². The topological polar surface area (TPSA) is 61.4 Å². The number of amides is 2. The highest BCUT2D eigenvalue weighted by Gasteiger charge is 2.31. The minimum absolute atomic E-state index is 0.0647. The zero-order valence-corrected chi connectivity index (χ0v) is 16.3. The molecule has 0 bridgehead atoms. The van der Waals surface area contributed by atoms with Crippen molar-refractivity contribution in [3.05, 3.63) is 58.6 Å². The molecule has 0 radical (unpaired) electrons. The first-order valence-electron chi connectivity index (χ1n) is 8.88. The van der Waals surface area contributed by atoms with Crippen LogP contribution in [0.1, 0.15) is 19.3 Å². The summed E-state index contributed by atoms with van der Waals surface area (Å²) in [6, 6.07) is 14.0. The summed E-state index contributed by atoms with van der Waals surface area (Å²) in [6.45, 7) is 1.32. The summed E-state index contributed by atoms with van der Waals surface area (Å²) in [4.78, 5) is 26.9. The zero-order valence-electron chi connectivity index (χ0n) is 14.8. The van der Waals surface area contributed by atoms with Gasteiger partial charge in [0.2, 0.25) is 11.8 Å². The summed E-state index contributed by atoms with van der Waals surface area (Å²) in [6.07, 6.45) is 2.00. The van der Waals surface area contributed by atoms with Crippen molar-refractivity contribution in [2.24, 2.45) is 0 Å². The van der Waals surface area contributed by atoms with Gasteiger partial charge in [0, 0.05) is 23.7 Å². The van der Waals surface area contributed by atoms with Gasteiger partial charge in [-0.15, -0.1) is 0 Å². The molecule has 142 valence electrons. The molecule has 0 spiro atoms. The lowest BCUT2D eigenvalue weighted by molar-refractivity contribution is -0.121. The van der Waals surface area contributed by atoms with Gasteiger partial charge in [-0.1, -0.05) is 41.4 Å². The Balaban J connectivity index is 1.54. The minimum atomic E-state index is -0.274. The van der Waals surface area contributed by atoms with Gasteiger partial charge in [0.25, 0.3) is 0 Å². The fourth-order valence-electron chi connectivity index (χ4n) is 3.19. The lowest BCUT2D eigenvalue weighted by atomic mass is 10.2. The molecule has 27 heavy (non-hydrogen) atoms.